The number of aromatic nitrogens is 3. The lowest BCUT2D eigenvalue weighted by molar-refractivity contribution is -0.116. The molecule has 0 aliphatic rings. The molecule has 2 aromatic heterocycles. The summed E-state index contributed by atoms with van der Waals surface area (Å²) in [5, 5.41) is 10.4. The highest BCUT2D eigenvalue weighted by atomic mass is 32.1. The van der Waals surface area contributed by atoms with Crippen molar-refractivity contribution in [3.8, 4) is 0 Å². The molecular weight excluding hydrogens is 296 g/mol. The Hall–Kier alpha value is -1.69. The van der Waals surface area contributed by atoms with Crippen molar-refractivity contribution in [1.29, 1.82) is 0 Å². The maximum atomic E-state index is 12.1. The minimum absolute atomic E-state index is 0.0119. The molecule has 0 atom stereocenters. The summed E-state index contributed by atoms with van der Waals surface area (Å²) >= 11 is 1.62. The van der Waals surface area contributed by atoms with Gasteiger partial charge in [-0.15, -0.1) is 11.3 Å². The van der Waals surface area contributed by atoms with Crippen LogP contribution in [0.5, 0.6) is 0 Å². The minimum atomic E-state index is 0.0119. The summed E-state index contributed by atoms with van der Waals surface area (Å²) in [7, 11) is 0. The minimum Gasteiger partial charge on any atom is -0.323 e. The Bertz CT molecular complexity index is 628. The van der Waals surface area contributed by atoms with Gasteiger partial charge in [0.05, 0.1) is 34.3 Å². The molecule has 0 aliphatic carbocycles. The van der Waals surface area contributed by atoms with Gasteiger partial charge in [-0.3, -0.25) is 9.48 Å². The molecule has 2 rings (SSSR count). The van der Waals surface area contributed by atoms with Crippen molar-refractivity contribution in [2.45, 2.75) is 59.4 Å². The fraction of sp³-hybridized carbons (Fsp3) is 0.562. The van der Waals surface area contributed by atoms with Gasteiger partial charge in [-0.05, 0) is 33.1 Å². The van der Waals surface area contributed by atoms with Crippen LogP contribution in [-0.2, 0) is 11.2 Å². The maximum Gasteiger partial charge on any atom is 0.224 e. The van der Waals surface area contributed by atoms with E-state index in [9.17, 15) is 4.79 Å². The van der Waals surface area contributed by atoms with Crippen LogP contribution in [0.2, 0.25) is 0 Å². The van der Waals surface area contributed by atoms with E-state index < -0.39 is 0 Å². The van der Waals surface area contributed by atoms with E-state index in [0.29, 0.717) is 18.9 Å². The monoisotopic (exact) mass is 320 g/mol. The molecule has 0 spiro atoms. The van der Waals surface area contributed by atoms with Gasteiger partial charge in [0.2, 0.25) is 5.91 Å². The number of anilines is 1. The van der Waals surface area contributed by atoms with Crippen LogP contribution in [0.3, 0.4) is 0 Å². The van der Waals surface area contributed by atoms with Crippen molar-refractivity contribution in [3.63, 3.8) is 0 Å². The van der Waals surface area contributed by atoms with Gasteiger partial charge in [0.1, 0.15) is 0 Å². The van der Waals surface area contributed by atoms with Crippen LogP contribution in [0.1, 0.15) is 55.5 Å². The first-order valence-corrected chi connectivity index (χ1v) is 8.68. The summed E-state index contributed by atoms with van der Waals surface area (Å²) in [6, 6.07) is 0.392. The van der Waals surface area contributed by atoms with E-state index in [1.54, 1.807) is 17.5 Å². The molecule has 22 heavy (non-hydrogen) atoms. The smallest absolute Gasteiger partial charge is 0.224 e. The lowest BCUT2D eigenvalue weighted by Gasteiger charge is -2.15. The number of aryl methyl sites for hydroxylation is 2. The number of thiazole rings is 1. The quantitative estimate of drug-likeness (QED) is 0.842. The predicted molar refractivity (Wildman–Crippen MR) is 90.4 cm³/mol. The molecule has 0 saturated heterocycles. The molecule has 0 unspecified atom stereocenters. The van der Waals surface area contributed by atoms with Crippen LogP contribution < -0.4 is 5.32 Å². The first-order valence-electron chi connectivity index (χ1n) is 7.80. The van der Waals surface area contributed by atoms with Gasteiger partial charge in [-0.1, -0.05) is 13.8 Å². The number of carbonyl (C=O) groups is 1. The summed E-state index contributed by atoms with van der Waals surface area (Å²) in [6.45, 7) is 8.29. The molecule has 1 amide bonds. The van der Waals surface area contributed by atoms with Crippen molar-refractivity contribution in [2.24, 2.45) is 0 Å². The van der Waals surface area contributed by atoms with Crippen LogP contribution in [0.15, 0.2) is 11.6 Å². The molecule has 0 radical (unpaired) electrons. The van der Waals surface area contributed by atoms with Gasteiger partial charge in [-0.2, -0.15) is 5.10 Å². The zero-order valence-corrected chi connectivity index (χ0v) is 14.5. The van der Waals surface area contributed by atoms with Gasteiger partial charge in [0, 0.05) is 11.8 Å². The van der Waals surface area contributed by atoms with Gasteiger partial charge >= 0.3 is 0 Å². The van der Waals surface area contributed by atoms with Gasteiger partial charge in [0.15, 0.2) is 0 Å². The number of hydrogen-bond acceptors (Lipinski definition) is 4. The fourth-order valence-electron chi connectivity index (χ4n) is 2.53. The molecule has 0 bridgehead atoms. The Kier molecular flexibility index (Phi) is 5.71. The molecule has 0 aliphatic heterocycles. The third-order valence-electron chi connectivity index (χ3n) is 3.88. The zero-order chi connectivity index (χ0) is 16.1. The number of carbonyl (C=O) groups excluding carboxylic acids is 1. The highest BCUT2D eigenvalue weighted by molar-refractivity contribution is 7.09. The number of nitrogens with one attached hydrogen (secondary N) is 1. The second-order valence-electron chi connectivity index (χ2n) is 5.46. The third-order valence-corrected chi connectivity index (χ3v) is 4.70. The molecule has 0 fully saturated rings. The molecule has 0 saturated carbocycles. The van der Waals surface area contributed by atoms with Crippen molar-refractivity contribution in [1.82, 2.24) is 14.8 Å². The third kappa shape index (κ3) is 3.94. The number of rotatable bonds is 7. The molecular formula is C16H24N4OS. The molecule has 2 aromatic rings. The lowest BCUT2D eigenvalue weighted by Crippen LogP contribution is -2.14. The Morgan fingerprint density at radius 2 is 2.09 bits per heavy atom. The van der Waals surface area contributed by atoms with Gasteiger partial charge in [-0.25, -0.2) is 4.98 Å². The average Bonchev–Trinajstić information content (AvgIpc) is 3.07. The highest BCUT2D eigenvalue weighted by Crippen LogP contribution is 2.22. The predicted octanol–water partition coefficient (Wildman–Crippen LogP) is 3.89. The van der Waals surface area contributed by atoms with E-state index in [2.05, 4.69) is 29.2 Å². The standard InChI is InChI=1S/C16H24N4OS/c1-5-14(6-2)20-11(3)15(9-17-20)19-16(21)8-7-13-10-22-12(4)18-13/h9-10,14H,5-8H2,1-4H3,(H,19,21). The summed E-state index contributed by atoms with van der Waals surface area (Å²) in [4.78, 5) is 16.5. The van der Waals surface area contributed by atoms with Crippen LogP contribution in [0, 0.1) is 13.8 Å². The lowest BCUT2D eigenvalue weighted by atomic mass is 10.2. The van der Waals surface area contributed by atoms with Crippen molar-refractivity contribution in [2.75, 3.05) is 5.32 Å². The van der Waals surface area contributed by atoms with E-state index in [0.717, 1.165) is 34.9 Å². The SMILES string of the molecule is CCC(CC)n1ncc(NC(=O)CCc2csc(C)n2)c1C. The molecule has 2 heterocycles. The van der Waals surface area contributed by atoms with E-state index in [1.807, 2.05) is 23.9 Å². The molecule has 0 aromatic carbocycles. The zero-order valence-electron chi connectivity index (χ0n) is 13.7. The summed E-state index contributed by atoms with van der Waals surface area (Å²) in [6.07, 6.45) is 4.94. The molecule has 1 N–H and O–H groups in total. The second-order valence-corrected chi connectivity index (χ2v) is 6.53. The summed E-state index contributed by atoms with van der Waals surface area (Å²) in [5.74, 6) is 0.0119. The Labute approximate surface area is 135 Å². The van der Waals surface area contributed by atoms with Crippen molar-refractivity contribution >= 4 is 22.9 Å². The van der Waals surface area contributed by atoms with Crippen LogP contribution in [0.25, 0.3) is 0 Å². The normalized spacial score (nSPS) is 11.1. The molecule has 120 valence electrons. The van der Waals surface area contributed by atoms with Crippen LogP contribution >= 0.6 is 11.3 Å². The Balaban J connectivity index is 1.94. The highest BCUT2D eigenvalue weighted by Gasteiger charge is 2.14. The van der Waals surface area contributed by atoms with E-state index in [1.165, 1.54) is 0 Å². The van der Waals surface area contributed by atoms with Gasteiger partial charge in [0.25, 0.3) is 0 Å². The Morgan fingerprint density at radius 3 is 2.68 bits per heavy atom. The van der Waals surface area contributed by atoms with E-state index in [4.69, 9.17) is 0 Å². The first-order chi connectivity index (χ1) is 10.5. The maximum absolute atomic E-state index is 12.1. The summed E-state index contributed by atoms with van der Waals surface area (Å²) in [5.41, 5.74) is 2.82. The first kappa shape index (κ1) is 16.7. The summed E-state index contributed by atoms with van der Waals surface area (Å²) < 4.78 is 2.01. The van der Waals surface area contributed by atoms with Crippen molar-refractivity contribution < 1.29 is 4.79 Å². The Morgan fingerprint density at radius 1 is 1.36 bits per heavy atom. The average molecular weight is 320 g/mol. The fourth-order valence-corrected chi connectivity index (χ4v) is 3.17. The van der Waals surface area contributed by atoms with Crippen LogP contribution in [-0.4, -0.2) is 20.7 Å². The second kappa shape index (κ2) is 7.54. The van der Waals surface area contributed by atoms with Crippen LogP contribution in [0.4, 0.5) is 5.69 Å². The van der Waals surface area contributed by atoms with E-state index >= 15 is 0 Å². The molecule has 5 nitrogen and oxygen atoms in total. The number of amides is 1. The number of hydrogen-bond donors (Lipinski definition) is 1. The topological polar surface area (TPSA) is 59.8 Å². The van der Waals surface area contributed by atoms with E-state index in [-0.39, 0.29) is 5.91 Å². The number of nitrogens with zero attached hydrogens (tertiary/aromatic N) is 3. The van der Waals surface area contributed by atoms with Gasteiger partial charge < -0.3 is 5.32 Å². The largest absolute Gasteiger partial charge is 0.323 e. The molecule has 6 heteroatoms. The van der Waals surface area contributed by atoms with Crippen molar-refractivity contribution in [3.05, 3.63) is 28.0 Å².